The van der Waals surface area contributed by atoms with Gasteiger partial charge in [0.2, 0.25) is 5.91 Å². The van der Waals surface area contributed by atoms with Crippen molar-refractivity contribution in [2.24, 2.45) is 0 Å². The van der Waals surface area contributed by atoms with E-state index in [1.807, 2.05) is 30.3 Å². The van der Waals surface area contributed by atoms with Gasteiger partial charge in [0.25, 0.3) is 0 Å². The van der Waals surface area contributed by atoms with E-state index in [-0.39, 0.29) is 48.9 Å². The lowest BCUT2D eigenvalue weighted by Gasteiger charge is -2.24. The lowest BCUT2D eigenvalue weighted by atomic mass is 10.0. The molecule has 1 aliphatic rings. The van der Waals surface area contributed by atoms with E-state index in [0.29, 0.717) is 34.4 Å². The van der Waals surface area contributed by atoms with Crippen LogP contribution in [-0.2, 0) is 29.2 Å². The molecule has 0 unspecified atom stereocenters. The molecule has 1 aliphatic heterocycles. The number of Topliss-reactive ketones (excluding diaryl/α,β-unsaturated/α-hetero) is 2. The summed E-state index contributed by atoms with van der Waals surface area (Å²) in [6, 6.07) is 18.6. The number of aryl methyl sites for hydroxylation is 1. The number of hydrogen-bond acceptors (Lipinski definition) is 4. The molecule has 2 heterocycles. The van der Waals surface area contributed by atoms with Crippen molar-refractivity contribution in [1.82, 2.24) is 9.47 Å². The number of hydrogen-bond donors (Lipinski definition) is 0. The van der Waals surface area contributed by atoms with Gasteiger partial charge in [0.1, 0.15) is 30.9 Å². The number of aromatic nitrogens is 1. The fourth-order valence-corrected chi connectivity index (χ4v) is 5.48. The van der Waals surface area contributed by atoms with Crippen LogP contribution in [0.4, 0.5) is 8.78 Å². The van der Waals surface area contributed by atoms with Gasteiger partial charge in [-0.1, -0.05) is 54.1 Å². The Bertz CT molecular complexity index is 1600. The highest BCUT2D eigenvalue weighted by molar-refractivity contribution is 6.30. The smallest absolute Gasteiger partial charge is 0.243 e. The van der Waals surface area contributed by atoms with Crippen LogP contribution in [-0.4, -0.2) is 45.7 Å². The quantitative estimate of drug-likeness (QED) is 0.205. The molecule has 6 nitrogen and oxygen atoms in total. The topological polar surface area (TPSA) is 68.6 Å². The average molecular weight is 579 g/mol. The molecule has 0 aliphatic carbocycles. The monoisotopic (exact) mass is 578 g/mol. The number of amides is 1. The zero-order valence-corrected chi connectivity index (χ0v) is 23.2. The summed E-state index contributed by atoms with van der Waals surface area (Å²) in [6.07, 6.45) is 0.194. The summed E-state index contributed by atoms with van der Waals surface area (Å²) in [5.41, 5.74) is 2.35. The molecule has 9 heteroatoms. The molecule has 0 bridgehead atoms. The molecular weight excluding hydrogens is 550 g/mol. The van der Waals surface area contributed by atoms with Crippen molar-refractivity contribution in [1.29, 1.82) is 0 Å². The normalized spacial score (nSPS) is 16.7. The number of carbonyl (C=O) groups excluding carboxylic acids is 3. The van der Waals surface area contributed by atoms with E-state index < -0.39 is 23.9 Å². The van der Waals surface area contributed by atoms with Gasteiger partial charge in [-0.15, -0.1) is 0 Å². The van der Waals surface area contributed by atoms with Gasteiger partial charge >= 0.3 is 0 Å². The maximum atomic E-state index is 14.5. The van der Waals surface area contributed by atoms with Crippen molar-refractivity contribution >= 4 is 40.0 Å². The number of alkyl halides is 1. The van der Waals surface area contributed by atoms with Crippen LogP contribution in [0.2, 0.25) is 5.02 Å². The molecule has 0 spiro atoms. The number of likely N-dealkylation sites (tertiary alicyclic amines) is 1. The van der Waals surface area contributed by atoms with Crippen molar-refractivity contribution in [3.05, 3.63) is 100 Å². The van der Waals surface area contributed by atoms with E-state index in [4.69, 9.17) is 16.3 Å². The molecule has 4 aromatic rings. The molecule has 0 saturated carbocycles. The summed E-state index contributed by atoms with van der Waals surface area (Å²) in [4.78, 5) is 40.2. The Labute approximate surface area is 241 Å². The molecule has 1 amide bonds. The van der Waals surface area contributed by atoms with Gasteiger partial charge in [-0.05, 0) is 42.7 Å². The zero-order chi connectivity index (χ0) is 29.1. The fourth-order valence-electron chi connectivity index (χ4n) is 5.28. The minimum absolute atomic E-state index is 0.0334. The van der Waals surface area contributed by atoms with Gasteiger partial charge in [0.05, 0.1) is 23.1 Å². The molecule has 1 fully saturated rings. The van der Waals surface area contributed by atoms with E-state index in [1.54, 1.807) is 41.1 Å². The van der Waals surface area contributed by atoms with Crippen molar-refractivity contribution in [3.63, 3.8) is 0 Å². The summed E-state index contributed by atoms with van der Waals surface area (Å²) in [7, 11) is 0. The molecule has 1 aromatic heterocycles. The Morgan fingerprint density at radius 1 is 1.05 bits per heavy atom. The Morgan fingerprint density at radius 3 is 2.59 bits per heavy atom. The molecule has 3 aromatic carbocycles. The minimum Gasteiger partial charge on any atom is -0.489 e. The number of ketones is 2. The van der Waals surface area contributed by atoms with Crippen LogP contribution in [0.1, 0.15) is 41.3 Å². The number of ether oxygens (including phenoxy) is 1. The molecule has 41 heavy (non-hydrogen) atoms. The van der Waals surface area contributed by atoms with Crippen molar-refractivity contribution in [2.45, 2.75) is 51.6 Å². The first-order valence-electron chi connectivity index (χ1n) is 13.4. The Balaban J connectivity index is 1.33. The largest absolute Gasteiger partial charge is 0.489 e. The third-order valence-corrected chi connectivity index (χ3v) is 7.69. The second-order valence-corrected chi connectivity index (χ2v) is 10.7. The number of carbonyl (C=O) groups is 3. The summed E-state index contributed by atoms with van der Waals surface area (Å²) >= 11 is 5.84. The number of nitrogens with zero attached hydrogens (tertiary/aromatic N) is 2. The molecule has 1 saturated heterocycles. The fraction of sp³-hybridized carbons (Fsp3) is 0.281. The first kappa shape index (κ1) is 28.5. The van der Waals surface area contributed by atoms with Gasteiger partial charge in [-0.2, -0.15) is 0 Å². The molecule has 5 rings (SSSR count). The molecule has 0 N–H and O–H groups in total. The number of rotatable bonds is 10. The Hall–Kier alpha value is -4.04. The number of halogens is 3. The predicted octanol–water partition coefficient (Wildman–Crippen LogP) is 6.36. The van der Waals surface area contributed by atoms with Crippen LogP contribution < -0.4 is 4.74 Å². The van der Waals surface area contributed by atoms with Crippen LogP contribution in [0.5, 0.6) is 5.75 Å². The first-order chi connectivity index (χ1) is 19.7. The van der Waals surface area contributed by atoms with E-state index in [2.05, 4.69) is 0 Å². The summed E-state index contributed by atoms with van der Waals surface area (Å²) < 4.78 is 36.4. The minimum atomic E-state index is -1.34. The predicted molar refractivity (Wildman–Crippen MR) is 152 cm³/mol. The summed E-state index contributed by atoms with van der Waals surface area (Å²) in [5.74, 6) is -0.964. The second-order valence-electron chi connectivity index (χ2n) is 10.3. The Kier molecular flexibility index (Phi) is 8.49. The van der Waals surface area contributed by atoms with Crippen molar-refractivity contribution in [2.75, 3.05) is 6.54 Å². The molecule has 2 atom stereocenters. The summed E-state index contributed by atoms with van der Waals surface area (Å²) in [5, 5.41) is 0.632. The number of benzene rings is 3. The maximum absolute atomic E-state index is 14.5. The van der Waals surface area contributed by atoms with Gasteiger partial charge in [-0.25, -0.2) is 8.78 Å². The average Bonchev–Trinajstić information content (AvgIpc) is 3.53. The standard InChI is InChI=1S/C32H29ClF2N2O4/c1-20(38)26-17-36(28-15-24(11-12-25(26)28)41-19-21-6-3-2-4-7-21)18-31(40)37-16-23(34)14-29(37)30(39)13-10-22-8-5-9-27(33)32(22)35/h2-9,11-12,15,17,23,29H,10,13-14,16,18-19H2,1H3/t23-,29+/m1/s1. The molecular formula is C32H29ClF2N2O4. The zero-order valence-electron chi connectivity index (χ0n) is 22.5. The van der Waals surface area contributed by atoms with Crippen molar-refractivity contribution in [3.8, 4) is 5.75 Å². The first-order valence-corrected chi connectivity index (χ1v) is 13.8. The lowest BCUT2D eigenvalue weighted by Crippen LogP contribution is -2.42. The third kappa shape index (κ3) is 6.33. The van der Waals surface area contributed by atoms with Gasteiger partial charge in [0, 0.05) is 36.1 Å². The molecule has 212 valence electrons. The highest BCUT2D eigenvalue weighted by atomic mass is 35.5. The summed E-state index contributed by atoms with van der Waals surface area (Å²) in [6.45, 7) is 1.41. The van der Waals surface area contributed by atoms with Gasteiger partial charge in [0.15, 0.2) is 11.6 Å². The van der Waals surface area contributed by atoms with E-state index in [9.17, 15) is 23.2 Å². The second kappa shape index (κ2) is 12.2. The SMILES string of the molecule is CC(=O)c1cn(CC(=O)N2C[C@H](F)C[C@H]2C(=O)CCc2cccc(Cl)c2F)c2cc(OCc3ccccc3)ccc12. The molecule has 0 radical (unpaired) electrons. The van der Waals surface area contributed by atoms with Gasteiger partial charge < -0.3 is 14.2 Å². The van der Waals surface area contributed by atoms with Crippen LogP contribution in [0, 0.1) is 5.82 Å². The van der Waals surface area contributed by atoms with Crippen LogP contribution >= 0.6 is 11.6 Å². The van der Waals surface area contributed by atoms with Crippen LogP contribution in [0.25, 0.3) is 10.9 Å². The maximum Gasteiger partial charge on any atom is 0.243 e. The lowest BCUT2D eigenvalue weighted by molar-refractivity contribution is -0.138. The highest BCUT2D eigenvalue weighted by Crippen LogP contribution is 2.29. The van der Waals surface area contributed by atoms with E-state index in [0.717, 1.165) is 5.56 Å². The van der Waals surface area contributed by atoms with Crippen LogP contribution in [0.3, 0.4) is 0 Å². The van der Waals surface area contributed by atoms with Crippen LogP contribution in [0.15, 0.2) is 72.9 Å². The van der Waals surface area contributed by atoms with E-state index >= 15 is 0 Å². The van der Waals surface area contributed by atoms with Crippen molar-refractivity contribution < 1.29 is 27.9 Å². The van der Waals surface area contributed by atoms with Gasteiger partial charge in [-0.3, -0.25) is 14.4 Å². The van der Waals surface area contributed by atoms with E-state index in [1.165, 1.54) is 17.9 Å². The Morgan fingerprint density at radius 2 is 1.83 bits per heavy atom. The third-order valence-electron chi connectivity index (χ3n) is 7.40. The highest BCUT2D eigenvalue weighted by Gasteiger charge is 2.39. The number of fused-ring (bicyclic) bond motifs is 1.